The number of nitrogens with one attached hydrogen (secondary N) is 1. The zero-order valence-electron chi connectivity index (χ0n) is 11.4. The van der Waals surface area contributed by atoms with Crippen LogP contribution in [0.5, 0.6) is 0 Å². The van der Waals surface area contributed by atoms with E-state index in [2.05, 4.69) is 42.3 Å². The fourth-order valence-corrected chi connectivity index (χ4v) is 6.53. The number of hydrogen-bond acceptors (Lipinski definition) is 6. The zero-order chi connectivity index (χ0) is 13.9. The SMILES string of the molecule is CC1SCCSC1C(Cc1nc2ccccc2s1)NN. The van der Waals surface area contributed by atoms with Crippen LogP contribution in [0.25, 0.3) is 10.2 Å². The molecule has 2 aromatic rings. The molecular weight excluding hydrogens is 306 g/mol. The van der Waals surface area contributed by atoms with Crippen LogP contribution in [0, 0.1) is 0 Å². The molecule has 0 spiro atoms. The Hall–Kier alpha value is -0.270. The van der Waals surface area contributed by atoms with Gasteiger partial charge in [-0.25, -0.2) is 4.98 Å². The quantitative estimate of drug-likeness (QED) is 0.669. The lowest BCUT2D eigenvalue weighted by molar-refractivity contribution is 0.501. The fraction of sp³-hybridized carbons (Fsp3) is 0.500. The maximum absolute atomic E-state index is 5.81. The second kappa shape index (κ2) is 6.66. The van der Waals surface area contributed by atoms with Crippen LogP contribution in [0.4, 0.5) is 0 Å². The summed E-state index contributed by atoms with van der Waals surface area (Å²) in [4.78, 5) is 4.73. The summed E-state index contributed by atoms with van der Waals surface area (Å²) in [5, 5.41) is 2.38. The van der Waals surface area contributed by atoms with Gasteiger partial charge in [0.1, 0.15) is 0 Å². The normalized spacial score (nSPS) is 24.9. The summed E-state index contributed by atoms with van der Waals surface area (Å²) in [5.74, 6) is 8.28. The second-order valence-corrected chi connectivity index (χ2v) is 8.85. The summed E-state index contributed by atoms with van der Waals surface area (Å²) in [6.07, 6.45) is 0.915. The number of rotatable bonds is 4. The lowest BCUT2D eigenvalue weighted by Gasteiger charge is -2.33. The van der Waals surface area contributed by atoms with Crippen molar-refractivity contribution in [2.45, 2.75) is 29.9 Å². The first-order chi connectivity index (χ1) is 9.78. The predicted octanol–water partition coefficient (Wildman–Crippen LogP) is 2.91. The molecule has 0 saturated carbocycles. The van der Waals surface area contributed by atoms with E-state index in [1.165, 1.54) is 21.2 Å². The number of fused-ring (bicyclic) bond motifs is 1. The molecule has 3 atom stereocenters. The number of nitrogens with zero attached hydrogens (tertiary/aromatic N) is 1. The van der Waals surface area contributed by atoms with E-state index in [-0.39, 0.29) is 0 Å². The van der Waals surface area contributed by atoms with Crippen molar-refractivity contribution < 1.29 is 0 Å². The second-order valence-electron chi connectivity index (χ2n) is 4.96. The third-order valence-electron chi connectivity index (χ3n) is 3.58. The Labute approximate surface area is 132 Å². The minimum atomic E-state index is 0.295. The molecule has 1 aromatic carbocycles. The Kier molecular flexibility index (Phi) is 4.88. The number of thioether (sulfide) groups is 2. The molecule has 1 aliphatic rings. The molecule has 1 fully saturated rings. The summed E-state index contributed by atoms with van der Waals surface area (Å²) in [6.45, 7) is 2.31. The first-order valence-electron chi connectivity index (χ1n) is 6.81. The summed E-state index contributed by atoms with van der Waals surface area (Å²) >= 11 is 5.88. The van der Waals surface area contributed by atoms with Crippen molar-refractivity contribution >= 4 is 45.1 Å². The molecule has 108 valence electrons. The summed E-state index contributed by atoms with van der Waals surface area (Å²) in [6, 6.07) is 8.62. The van der Waals surface area contributed by atoms with Gasteiger partial charge in [-0.1, -0.05) is 19.1 Å². The highest BCUT2D eigenvalue weighted by Gasteiger charge is 2.30. The largest absolute Gasteiger partial charge is 0.271 e. The Bertz CT molecular complexity index is 539. The molecule has 3 nitrogen and oxygen atoms in total. The third-order valence-corrected chi connectivity index (χ3v) is 7.89. The summed E-state index contributed by atoms with van der Waals surface area (Å²) in [5.41, 5.74) is 4.13. The molecule has 0 amide bonds. The first kappa shape index (κ1) is 14.7. The van der Waals surface area contributed by atoms with Crippen LogP contribution in [0.3, 0.4) is 0 Å². The molecule has 1 aliphatic heterocycles. The molecule has 0 aliphatic carbocycles. The molecule has 6 heteroatoms. The van der Waals surface area contributed by atoms with Crippen LogP contribution in [0.1, 0.15) is 11.9 Å². The molecule has 1 saturated heterocycles. The molecule has 1 aromatic heterocycles. The van der Waals surface area contributed by atoms with Crippen LogP contribution in [0.2, 0.25) is 0 Å². The van der Waals surface area contributed by atoms with E-state index >= 15 is 0 Å². The van der Waals surface area contributed by atoms with E-state index in [1.807, 2.05) is 17.8 Å². The molecular formula is C14H19N3S3. The van der Waals surface area contributed by atoms with E-state index < -0.39 is 0 Å². The highest BCUT2D eigenvalue weighted by molar-refractivity contribution is 8.07. The van der Waals surface area contributed by atoms with Gasteiger partial charge in [-0.05, 0) is 12.1 Å². The van der Waals surface area contributed by atoms with Crippen molar-refractivity contribution in [3.05, 3.63) is 29.3 Å². The Morgan fingerprint density at radius 2 is 2.15 bits per heavy atom. The van der Waals surface area contributed by atoms with E-state index in [0.717, 1.165) is 11.9 Å². The summed E-state index contributed by atoms with van der Waals surface area (Å²) in [7, 11) is 0. The van der Waals surface area contributed by atoms with Gasteiger partial charge in [0.15, 0.2) is 0 Å². The van der Waals surface area contributed by atoms with Gasteiger partial charge in [0.2, 0.25) is 0 Å². The van der Waals surface area contributed by atoms with Gasteiger partial charge in [0.25, 0.3) is 0 Å². The molecule has 20 heavy (non-hydrogen) atoms. The molecule has 3 unspecified atom stereocenters. The highest BCUT2D eigenvalue weighted by Crippen LogP contribution is 2.34. The van der Waals surface area contributed by atoms with Crippen LogP contribution in [-0.4, -0.2) is 33.0 Å². The number of nitrogens with two attached hydrogens (primary N) is 1. The molecule has 0 bridgehead atoms. The third kappa shape index (κ3) is 3.14. The molecule has 3 rings (SSSR count). The van der Waals surface area contributed by atoms with E-state index in [1.54, 1.807) is 11.3 Å². The number of thiazole rings is 1. The average Bonchev–Trinajstić information content (AvgIpc) is 2.88. The van der Waals surface area contributed by atoms with Gasteiger partial charge in [-0.15, -0.1) is 11.3 Å². The van der Waals surface area contributed by atoms with Crippen molar-refractivity contribution in [2.24, 2.45) is 5.84 Å². The average molecular weight is 326 g/mol. The van der Waals surface area contributed by atoms with Crippen molar-refractivity contribution in [3.63, 3.8) is 0 Å². The van der Waals surface area contributed by atoms with E-state index in [9.17, 15) is 0 Å². The number of para-hydroxylation sites is 1. The summed E-state index contributed by atoms with van der Waals surface area (Å²) < 4.78 is 1.26. The Morgan fingerprint density at radius 1 is 1.35 bits per heavy atom. The minimum Gasteiger partial charge on any atom is -0.271 e. The number of hydrogen-bond donors (Lipinski definition) is 2. The van der Waals surface area contributed by atoms with Gasteiger partial charge >= 0.3 is 0 Å². The minimum absolute atomic E-state index is 0.295. The maximum atomic E-state index is 5.81. The van der Waals surface area contributed by atoms with Gasteiger partial charge in [0, 0.05) is 34.5 Å². The number of aromatic nitrogens is 1. The molecule has 2 heterocycles. The Balaban J connectivity index is 1.76. The van der Waals surface area contributed by atoms with Crippen LogP contribution in [0.15, 0.2) is 24.3 Å². The molecule has 3 N–H and O–H groups in total. The van der Waals surface area contributed by atoms with Crippen molar-refractivity contribution in [1.82, 2.24) is 10.4 Å². The lowest BCUT2D eigenvalue weighted by Crippen LogP contribution is -2.48. The first-order valence-corrected chi connectivity index (χ1v) is 9.73. The topological polar surface area (TPSA) is 50.9 Å². The van der Waals surface area contributed by atoms with Gasteiger partial charge in [0.05, 0.1) is 15.2 Å². The molecule has 0 radical (unpaired) electrons. The van der Waals surface area contributed by atoms with Crippen molar-refractivity contribution in [1.29, 1.82) is 0 Å². The zero-order valence-corrected chi connectivity index (χ0v) is 13.9. The Morgan fingerprint density at radius 3 is 2.90 bits per heavy atom. The lowest BCUT2D eigenvalue weighted by atomic mass is 10.1. The van der Waals surface area contributed by atoms with Crippen molar-refractivity contribution in [3.8, 4) is 0 Å². The van der Waals surface area contributed by atoms with Crippen molar-refractivity contribution in [2.75, 3.05) is 11.5 Å². The number of benzene rings is 1. The smallest absolute Gasteiger partial charge is 0.0955 e. The standard InChI is InChI=1S/C14H19N3S3/c1-9-14(19-7-6-18-9)11(17-15)8-13-16-10-4-2-3-5-12(10)20-13/h2-5,9,11,14,17H,6-8,15H2,1H3. The monoisotopic (exact) mass is 325 g/mol. The van der Waals surface area contributed by atoms with Gasteiger partial charge in [-0.3, -0.25) is 11.3 Å². The fourth-order valence-electron chi connectivity index (χ4n) is 2.56. The van der Waals surface area contributed by atoms with Crippen LogP contribution < -0.4 is 11.3 Å². The maximum Gasteiger partial charge on any atom is 0.0955 e. The number of hydrazine groups is 1. The predicted molar refractivity (Wildman–Crippen MR) is 92.6 cm³/mol. The van der Waals surface area contributed by atoms with Crippen LogP contribution in [-0.2, 0) is 6.42 Å². The highest BCUT2D eigenvalue weighted by atomic mass is 32.2. The van der Waals surface area contributed by atoms with Crippen LogP contribution >= 0.6 is 34.9 Å². The van der Waals surface area contributed by atoms with Gasteiger partial charge < -0.3 is 0 Å². The van der Waals surface area contributed by atoms with E-state index in [4.69, 9.17) is 10.8 Å². The van der Waals surface area contributed by atoms with Gasteiger partial charge in [-0.2, -0.15) is 23.5 Å². The van der Waals surface area contributed by atoms with E-state index in [0.29, 0.717) is 16.5 Å².